The first-order valence-corrected chi connectivity index (χ1v) is 4.15. The van der Waals surface area contributed by atoms with Crippen LogP contribution in [-0.2, 0) is 4.74 Å². The monoisotopic (exact) mass is 165 g/mol. The molecule has 2 rings (SSSR count). The van der Waals surface area contributed by atoms with Crippen LogP contribution in [0.25, 0.3) is 0 Å². The average Bonchev–Trinajstić information content (AvgIpc) is 2.58. The highest BCUT2D eigenvalue weighted by atomic mass is 16.6. The Hall–Kier alpha value is -1.17. The van der Waals surface area contributed by atoms with Crippen LogP contribution in [-0.4, -0.2) is 29.2 Å². The van der Waals surface area contributed by atoms with Gasteiger partial charge in [-0.25, -0.2) is 4.79 Å². The van der Waals surface area contributed by atoms with Crippen LogP contribution in [0.15, 0.2) is 0 Å². The molecule has 3 nitrogen and oxygen atoms in total. The van der Waals surface area contributed by atoms with Crippen LogP contribution in [0.5, 0.6) is 0 Å². The van der Waals surface area contributed by atoms with E-state index in [0.29, 0.717) is 0 Å². The van der Waals surface area contributed by atoms with Crippen LogP contribution < -0.4 is 0 Å². The van der Waals surface area contributed by atoms with E-state index in [4.69, 9.17) is 11.2 Å². The van der Waals surface area contributed by atoms with Crippen LogP contribution in [0.4, 0.5) is 4.79 Å². The Labute approximate surface area is 71.7 Å². The molecule has 0 spiro atoms. The zero-order valence-corrected chi connectivity index (χ0v) is 7.04. The van der Waals surface area contributed by atoms with Gasteiger partial charge >= 0.3 is 6.09 Å². The second-order valence-electron chi connectivity index (χ2n) is 3.47. The minimum absolute atomic E-state index is 0.106. The molecular weight excluding hydrogens is 154 g/mol. The van der Waals surface area contributed by atoms with Crippen molar-refractivity contribution in [2.24, 2.45) is 0 Å². The molecule has 64 valence electrons. The first kappa shape index (κ1) is 7.48. The molecule has 0 saturated carbocycles. The van der Waals surface area contributed by atoms with Gasteiger partial charge < -0.3 is 9.64 Å². The van der Waals surface area contributed by atoms with Crippen molar-refractivity contribution in [1.29, 1.82) is 0 Å². The number of hydrogen-bond donors (Lipinski definition) is 0. The second-order valence-corrected chi connectivity index (χ2v) is 3.47. The van der Waals surface area contributed by atoms with E-state index < -0.39 is 5.60 Å². The number of ether oxygens (including phenoxy) is 1. The molecule has 0 aliphatic carbocycles. The third kappa shape index (κ3) is 0.752. The SMILES string of the molecule is C#C[C@@]1(C)OC(=O)N2CCC[C@H]21. The zero-order valence-electron chi connectivity index (χ0n) is 7.04. The summed E-state index contributed by atoms with van der Waals surface area (Å²) >= 11 is 0. The highest BCUT2D eigenvalue weighted by molar-refractivity contribution is 5.73. The van der Waals surface area contributed by atoms with E-state index in [0.717, 1.165) is 19.4 Å². The van der Waals surface area contributed by atoms with Crippen molar-refractivity contribution >= 4 is 6.09 Å². The van der Waals surface area contributed by atoms with E-state index in [1.807, 2.05) is 0 Å². The fourth-order valence-electron chi connectivity index (χ4n) is 1.99. The van der Waals surface area contributed by atoms with Crippen LogP contribution in [0, 0.1) is 12.3 Å². The van der Waals surface area contributed by atoms with Crippen LogP contribution >= 0.6 is 0 Å². The molecule has 2 aliphatic heterocycles. The van der Waals surface area contributed by atoms with E-state index in [2.05, 4.69) is 5.92 Å². The number of carbonyl (C=O) groups is 1. The minimum Gasteiger partial charge on any atom is -0.428 e. The lowest BCUT2D eigenvalue weighted by molar-refractivity contribution is 0.0967. The van der Waals surface area contributed by atoms with Gasteiger partial charge in [-0.1, -0.05) is 5.92 Å². The topological polar surface area (TPSA) is 29.5 Å². The maximum absolute atomic E-state index is 11.2. The molecule has 0 aromatic heterocycles. The second kappa shape index (κ2) is 2.16. The first-order chi connectivity index (χ1) is 5.67. The fraction of sp³-hybridized carbons (Fsp3) is 0.667. The molecule has 0 radical (unpaired) electrons. The summed E-state index contributed by atoms with van der Waals surface area (Å²) in [6, 6.07) is 0.106. The molecular formula is C9H11NO2. The predicted molar refractivity (Wildman–Crippen MR) is 43.4 cm³/mol. The molecule has 0 aromatic carbocycles. The number of terminal acetylenes is 1. The van der Waals surface area contributed by atoms with Gasteiger partial charge in [-0.15, -0.1) is 6.42 Å². The minimum atomic E-state index is -0.687. The molecule has 1 amide bonds. The van der Waals surface area contributed by atoms with Crippen molar-refractivity contribution in [3.8, 4) is 12.3 Å². The highest BCUT2D eigenvalue weighted by Crippen LogP contribution is 2.36. The van der Waals surface area contributed by atoms with Gasteiger partial charge in [-0.3, -0.25) is 0 Å². The largest absolute Gasteiger partial charge is 0.428 e. The smallest absolute Gasteiger partial charge is 0.411 e. The van der Waals surface area contributed by atoms with Crippen molar-refractivity contribution in [2.75, 3.05) is 6.54 Å². The molecule has 12 heavy (non-hydrogen) atoms. The standard InChI is InChI=1S/C9H11NO2/c1-3-9(2)7-5-4-6-10(7)8(11)12-9/h1,7H,4-6H2,2H3/t7-,9+/m0/s1. The lowest BCUT2D eigenvalue weighted by atomic mass is 9.96. The number of hydrogen-bond acceptors (Lipinski definition) is 2. The number of nitrogens with zero attached hydrogens (tertiary/aromatic N) is 1. The highest BCUT2D eigenvalue weighted by Gasteiger charge is 2.51. The maximum atomic E-state index is 11.2. The van der Waals surface area contributed by atoms with Gasteiger partial charge in [-0.05, 0) is 19.8 Å². The summed E-state index contributed by atoms with van der Waals surface area (Å²) in [6.07, 6.45) is 7.08. The van der Waals surface area contributed by atoms with E-state index in [1.165, 1.54) is 0 Å². The Morgan fingerprint density at radius 3 is 3.25 bits per heavy atom. The summed E-state index contributed by atoms with van der Waals surface area (Å²) in [5, 5.41) is 0. The molecule has 0 N–H and O–H groups in total. The van der Waals surface area contributed by atoms with Crippen LogP contribution in [0.2, 0.25) is 0 Å². The summed E-state index contributed by atoms with van der Waals surface area (Å²) in [4.78, 5) is 13.0. The summed E-state index contributed by atoms with van der Waals surface area (Å²) in [5.74, 6) is 2.56. The first-order valence-electron chi connectivity index (χ1n) is 4.15. The lowest BCUT2D eigenvalue weighted by Gasteiger charge is -2.21. The Morgan fingerprint density at radius 1 is 1.83 bits per heavy atom. The van der Waals surface area contributed by atoms with Gasteiger partial charge in [0, 0.05) is 6.54 Å². The third-order valence-corrected chi connectivity index (χ3v) is 2.71. The number of cyclic esters (lactones) is 1. The summed E-state index contributed by atoms with van der Waals surface area (Å²) in [6.45, 7) is 2.60. The molecule has 2 atom stereocenters. The summed E-state index contributed by atoms with van der Waals surface area (Å²) in [7, 11) is 0. The molecule has 2 saturated heterocycles. The van der Waals surface area contributed by atoms with E-state index in [1.54, 1.807) is 11.8 Å². The van der Waals surface area contributed by atoms with Gasteiger partial charge in [0.15, 0.2) is 5.60 Å². The molecule has 0 aromatic rings. The van der Waals surface area contributed by atoms with Gasteiger partial charge in [-0.2, -0.15) is 0 Å². The Morgan fingerprint density at radius 2 is 2.58 bits per heavy atom. The Bertz CT molecular complexity index is 268. The number of rotatable bonds is 0. The molecule has 0 bridgehead atoms. The summed E-state index contributed by atoms with van der Waals surface area (Å²) < 4.78 is 5.12. The van der Waals surface area contributed by atoms with Crippen LogP contribution in [0.3, 0.4) is 0 Å². The van der Waals surface area contributed by atoms with Crippen molar-refractivity contribution in [3.63, 3.8) is 0 Å². The third-order valence-electron chi connectivity index (χ3n) is 2.71. The lowest BCUT2D eigenvalue weighted by Crippen LogP contribution is -2.38. The van der Waals surface area contributed by atoms with Crippen molar-refractivity contribution in [1.82, 2.24) is 4.90 Å². The Balaban J connectivity index is 2.32. The fourth-order valence-corrected chi connectivity index (χ4v) is 1.99. The van der Waals surface area contributed by atoms with Crippen molar-refractivity contribution in [3.05, 3.63) is 0 Å². The van der Waals surface area contributed by atoms with Crippen molar-refractivity contribution in [2.45, 2.75) is 31.4 Å². The van der Waals surface area contributed by atoms with E-state index >= 15 is 0 Å². The molecule has 3 heteroatoms. The number of carbonyl (C=O) groups excluding carboxylic acids is 1. The molecule has 2 fully saturated rings. The van der Waals surface area contributed by atoms with E-state index in [9.17, 15) is 4.79 Å². The van der Waals surface area contributed by atoms with Gasteiger partial charge in [0.2, 0.25) is 0 Å². The predicted octanol–water partition coefficient (Wildman–Crippen LogP) is 0.993. The summed E-state index contributed by atoms with van der Waals surface area (Å²) in [5.41, 5.74) is -0.687. The quantitative estimate of drug-likeness (QED) is 0.501. The Kier molecular flexibility index (Phi) is 1.35. The maximum Gasteiger partial charge on any atom is 0.411 e. The molecule has 2 heterocycles. The molecule has 0 unspecified atom stereocenters. The van der Waals surface area contributed by atoms with Gasteiger partial charge in [0.05, 0.1) is 6.04 Å². The normalized spacial score (nSPS) is 39.2. The van der Waals surface area contributed by atoms with E-state index in [-0.39, 0.29) is 12.1 Å². The molecule has 2 aliphatic rings. The van der Waals surface area contributed by atoms with Crippen LogP contribution in [0.1, 0.15) is 19.8 Å². The number of amides is 1. The average molecular weight is 165 g/mol. The van der Waals surface area contributed by atoms with Crippen molar-refractivity contribution < 1.29 is 9.53 Å². The van der Waals surface area contributed by atoms with Gasteiger partial charge in [0.25, 0.3) is 0 Å². The number of fused-ring (bicyclic) bond motifs is 1. The van der Waals surface area contributed by atoms with Gasteiger partial charge in [0.1, 0.15) is 0 Å². The zero-order chi connectivity index (χ0) is 8.77.